The van der Waals surface area contributed by atoms with Crippen LogP contribution in [0.2, 0.25) is 0 Å². The van der Waals surface area contributed by atoms with Crippen LogP contribution in [0.25, 0.3) is 0 Å². The Morgan fingerprint density at radius 1 is 1.40 bits per heavy atom. The number of rotatable bonds is 2. The molecule has 3 N–H and O–H groups in total. The van der Waals surface area contributed by atoms with E-state index in [1.165, 1.54) is 6.92 Å². The maximum absolute atomic E-state index is 11.1. The van der Waals surface area contributed by atoms with E-state index in [0.29, 0.717) is 0 Å². The largest absolute Gasteiger partial charge is 0.461 e. The number of carbonyl (C=O) groups excluding carboxylic acids is 2. The lowest BCUT2D eigenvalue weighted by Crippen LogP contribution is -2.47. The smallest absolute Gasteiger partial charge is 0.302 e. The van der Waals surface area contributed by atoms with Crippen LogP contribution in [0.5, 0.6) is 0 Å². The molecular formula is C9H12O6. The van der Waals surface area contributed by atoms with E-state index < -0.39 is 30.1 Å². The molecule has 0 saturated heterocycles. The summed E-state index contributed by atoms with van der Waals surface area (Å²) in [6.45, 7) is 0.912. The van der Waals surface area contributed by atoms with Gasteiger partial charge in [0, 0.05) is 12.5 Å². The van der Waals surface area contributed by atoms with Crippen molar-refractivity contribution in [3.63, 3.8) is 0 Å². The first kappa shape index (κ1) is 11.8. The van der Waals surface area contributed by atoms with Gasteiger partial charge in [0.15, 0.2) is 5.78 Å². The number of esters is 1. The first-order chi connectivity index (χ1) is 6.93. The molecule has 0 fully saturated rings. The molecule has 0 radical (unpaired) electrons. The van der Waals surface area contributed by atoms with E-state index in [4.69, 9.17) is 5.11 Å². The van der Waals surface area contributed by atoms with Crippen LogP contribution < -0.4 is 0 Å². The Hall–Kier alpha value is -1.24. The van der Waals surface area contributed by atoms with Crippen molar-refractivity contribution in [3.8, 4) is 0 Å². The molecule has 1 aliphatic rings. The van der Waals surface area contributed by atoms with Crippen LogP contribution >= 0.6 is 0 Å². The van der Waals surface area contributed by atoms with Crippen molar-refractivity contribution < 1.29 is 29.6 Å². The summed E-state index contributed by atoms with van der Waals surface area (Å²) in [6.07, 6.45) is -3.61. The summed E-state index contributed by atoms with van der Waals surface area (Å²) in [5.41, 5.74) is 0.0769. The van der Waals surface area contributed by atoms with Crippen LogP contribution in [-0.2, 0) is 14.3 Å². The minimum Gasteiger partial charge on any atom is -0.461 e. The molecule has 0 amide bonds. The summed E-state index contributed by atoms with van der Waals surface area (Å²) in [4.78, 5) is 21.6. The fourth-order valence-electron chi connectivity index (χ4n) is 1.23. The topological polar surface area (TPSA) is 104 Å². The fraction of sp³-hybridized carbons (Fsp3) is 0.556. The maximum Gasteiger partial charge on any atom is 0.302 e. The van der Waals surface area contributed by atoms with Gasteiger partial charge in [-0.15, -0.1) is 0 Å². The van der Waals surface area contributed by atoms with Crippen molar-refractivity contribution in [1.82, 2.24) is 0 Å². The Kier molecular flexibility index (Phi) is 3.57. The molecule has 6 nitrogen and oxygen atoms in total. The molecule has 0 aliphatic heterocycles. The molecule has 15 heavy (non-hydrogen) atoms. The summed E-state index contributed by atoms with van der Waals surface area (Å²) >= 11 is 0. The van der Waals surface area contributed by atoms with E-state index in [1.807, 2.05) is 0 Å². The summed E-state index contributed by atoms with van der Waals surface area (Å²) in [5, 5.41) is 27.8. The number of ether oxygens (including phenoxy) is 1. The molecule has 0 aromatic heterocycles. The van der Waals surface area contributed by atoms with E-state index in [9.17, 15) is 19.8 Å². The lowest BCUT2D eigenvalue weighted by Gasteiger charge is -2.27. The SMILES string of the molecule is CC(=O)OCC1=CC(=O)[C@@H](O)[C@H](O)[C@H]1O. The molecule has 84 valence electrons. The van der Waals surface area contributed by atoms with E-state index >= 15 is 0 Å². The quantitative estimate of drug-likeness (QED) is 0.468. The molecule has 0 heterocycles. The number of hydrogen-bond acceptors (Lipinski definition) is 6. The van der Waals surface area contributed by atoms with Crippen molar-refractivity contribution in [1.29, 1.82) is 0 Å². The van der Waals surface area contributed by atoms with Gasteiger partial charge in [-0.3, -0.25) is 9.59 Å². The van der Waals surface area contributed by atoms with Gasteiger partial charge in [-0.1, -0.05) is 0 Å². The average Bonchev–Trinajstić information content (AvgIpc) is 2.18. The minimum absolute atomic E-state index is 0.0769. The number of ketones is 1. The Balaban J connectivity index is 2.75. The normalized spacial score (nSPS) is 31.1. The predicted molar refractivity (Wildman–Crippen MR) is 47.7 cm³/mol. The second-order valence-corrected chi connectivity index (χ2v) is 3.28. The van der Waals surface area contributed by atoms with E-state index in [-0.39, 0.29) is 12.2 Å². The van der Waals surface area contributed by atoms with E-state index in [0.717, 1.165) is 6.08 Å². The molecule has 0 unspecified atom stereocenters. The second-order valence-electron chi connectivity index (χ2n) is 3.28. The van der Waals surface area contributed by atoms with Gasteiger partial charge in [-0.05, 0) is 6.08 Å². The van der Waals surface area contributed by atoms with Crippen LogP contribution in [-0.4, -0.2) is 52.0 Å². The highest BCUT2D eigenvalue weighted by atomic mass is 16.5. The standard InChI is InChI=1S/C9H12O6/c1-4(10)15-3-5-2-6(11)8(13)9(14)7(5)12/h2,7-9,12-14H,3H2,1H3/t7-,8+,9+/m0/s1. The Morgan fingerprint density at radius 3 is 2.53 bits per heavy atom. The zero-order valence-corrected chi connectivity index (χ0v) is 8.08. The Labute approximate surface area is 85.8 Å². The van der Waals surface area contributed by atoms with Gasteiger partial charge in [0.2, 0.25) is 0 Å². The first-order valence-electron chi connectivity index (χ1n) is 4.35. The lowest BCUT2D eigenvalue weighted by atomic mass is 9.91. The van der Waals surface area contributed by atoms with E-state index in [2.05, 4.69) is 4.74 Å². The van der Waals surface area contributed by atoms with Crippen LogP contribution in [0.15, 0.2) is 11.6 Å². The maximum atomic E-state index is 11.1. The summed E-state index contributed by atoms with van der Waals surface area (Å²) < 4.78 is 4.57. The molecular weight excluding hydrogens is 204 g/mol. The molecule has 0 bridgehead atoms. The highest BCUT2D eigenvalue weighted by molar-refractivity contribution is 5.95. The monoisotopic (exact) mass is 216 g/mol. The number of aliphatic hydroxyl groups is 3. The molecule has 1 aliphatic carbocycles. The highest BCUT2D eigenvalue weighted by Gasteiger charge is 2.36. The lowest BCUT2D eigenvalue weighted by molar-refractivity contribution is -0.142. The van der Waals surface area contributed by atoms with Gasteiger partial charge in [0.1, 0.15) is 24.9 Å². The van der Waals surface area contributed by atoms with Crippen molar-refractivity contribution in [3.05, 3.63) is 11.6 Å². The Bertz CT molecular complexity index is 308. The van der Waals surface area contributed by atoms with Crippen LogP contribution in [0.4, 0.5) is 0 Å². The van der Waals surface area contributed by atoms with Crippen molar-refractivity contribution in [2.45, 2.75) is 25.2 Å². The molecule has 6 heteroatoms. The summed E-state index contributed by atoms with van der Waals surface area (Å²) in [5.74, 6) is -1.27. The van der Waals surface area contributed by atoms with Gasteiger partial charge >= 0.3 is 5.97 Å². The van der Waals surface area contributed by atoms with E-state index in [1.54, 1.807) is 0 Å². The summed E-state index contributed by atoms with van der Waals surface area (Å²) in [6, 6.07) is 0. The van der Waals surface area contributed by atoms with Gasteiger partial charge in [0.05, 0.1) is 0 Å². The number of hydrogen-bond donors (Lipinski definition) is 3. The Morgan fingerprint density at radius 2 is 2.00 bits per heavy atom. The second kappa shape index (κ2) is 4.52. The first-order valence-corrected chi connectivity index (χ1v) is 4.35. The third kappa shape index (κ3) is 2.62. The highest BCUT2D eigenvalue weighted by Crippen LogP contribution is 2.17. The molecule has 0 aromatic rings. The number of aliphatic hydroxyl groups excluding tert-OH is 3. The zero-order valence-electron chi connectivity index (χ0n) is 8.08. The van der Waals surface area contributed by atoms with Crippen molar-refractivity contribution >= 4 is 11.8 Å². The third-order valence-corrected chi connectivity index (χ3v) is 2.09. The molecule has 1 rings (SSSR count). The van der Waals surface area contributed by atoms with Crippen molar-refractivity contribution in [2.24, 2.45) is 0 Å². The average molecular weight is 216 g/mol. The van der Waals surface area contributed by atoms with Crippen LogP contribution in [0.3, 0.4) is 0 Å². The van der Waals surface area contributed by atoms with Gasteiger partial charge < -0.3 is 20.1 Å². The zero-order chi connectivity index (χ0) is 11.6. The minimum atomic E-state index is -1.62. The van der Waals surface area contributed by atoms with Crippen LogP contribution in [0, 0.1) is 0 Å². The molecule has 0 spiro atoms. The predicted octanol–water partition coefficient (Wildman–Crippen LogP) is -1.86. The van der Waals surface area contributed by atoms with Crippen molar-refractivity contribution in [2.75, 3.05) is 6.61 Å². The van der Waals surface area contributed by atoms with Crippen LogP contribution in [0.1, 0.15) is 6.92 Å². The molecule has 0 aromatic carbocycles. The third-order valence-electron chi connectivity index (χ3n) is 2.09. The molecule has 3 atom stereocenters. The fourth-order valence-corrected chi connectivity index (χ4v) is 1.23. The number of carbonyl (C=O) groups is 2. The van der Waals surface area contributed by atoms with Gasteiger partial charge in [0.25, 0.3) is 0 Å². The van der Waals surface area contributed by atoms with Gasteiger partial charge in [-0.25, -0.2) is 0 Å². The summed E-state index contributed by atoms with van der Waals surface area (Å²) in [7, 11) is 0. The van der Waals surface area contributed by atoms with Gasteiger partial charge in [-0.2, -0.15) is 0 Å². The molecule has 0 saturated carbocycles.